The number of nitrogens with zero attached hydrogens (tertiary/aromatic N) is 1. The van der Waals surface area contributed by atoms with Gasteiger partial charge in [0.2, 0.25) is 0 Å². The topological polar surface area (TPSA) is 24.5 Å². The van der Waals surface area contributed by atoms with Gasteiger partial charge in [-0.05, 0) is 7.05 Å². The van der Waals surface area contributed by atoms with Gasteiger partial charge in [0, 0.05) is 25.2 Å². The van der Waals surface area contributed by atoms with E-state index in [-0.39, 0.29) is 12.4 Å². The smallest absolute Gasteiger partial charge is 0.0635 e. The summed E-state index contributed by atoms with van der Waals surface area (Å²) in [6.45, 7) is 3.99. The Kier molecular flexibility index (Phi) is 3.13. The van der Waals surface area contributed by atoms with E-state index in [1.165, 1.54) is 0 Å². The highest BCUT2D eigenvalue weighted by Gasteiger charge is 2.31. The van der Waals surface area contributed by atoms with E-state index in [1.54, 1.807) is 0 Å². The van der Waals surface area contributed by atoms with Gasteiger partial charge in [-0.1, -0.05) is 0 Å². The largest absolute Gasteiger partial charge is 0.378 e. The molecule has 2 aliphatic rings. The second-order valence-corrected chi connectivity index (χ2v) is 3.17. The number of piperazine rings is 1. The summed E-state index contributed by atoms with van der Waals surface area (Å²) in [5, 5.41) is 3.40. The highest BCUT2D eigenvalue weighted by molar-refractivity contribution is 5.85. The minimum absolute atomic E-state index is 0. The molecule has 2 bridgehead atoms. The van der Waals surface area contributed by atoms with Crippen LogP contribution in [0.2, 0.25) is 0 Å². The first-order valence-electron chi connectivity index (χ1n) is 3.88. The molecule has 4 heteroatoms. The van der Waals surface area contributed by atoms with Gasteiger partial charge < -0.3 is 10.1 Å². The number of halogens is 1. The third kappa shape index (κ3) is 1.67. The summed E-state index contributed by atoms with van der Waals surface area (Å²) in [6.07, 6.45) is 0. The SMILES string of the molecule is CN1C2CNCC1COC2.Cl. The molecule has 2 saturated heterocycles. The number of morpholine rings is 1. The fourth-order valence-electron chi connectivity index (χ4n) is 1.70. The Bertz CT molecular complexity index is 112. The molecule has 0 radical (unpaired) electrons. The van der Waals surface area contributed by atoms with E-state index in [0.29, 0.717) is 12.1 Å². The van der Waals surface area contributed by atoms with Gasteiger partial charge in [-0.2, -0.15) is 0 Å². The van der Waals surface area contributed by atoms with Crippen LogP contribution in [-0.4, -0.2) is 50.3 Å². The zero-order valence-electron chi connectivity index (χ0n) is 6.75. The van der Waals surface area contributed by atoms with Crippen LogP contribution in [0.25, 0.3) is 0 Å². The fraction of sp³-hybridized carbons (Fsp3) is 1.00. The standard InChI is InChI=1S/C7H14N2O.ClH/c1-9-6-2-8-3-7(9)5-10-4-6;/h6-8H,2-5H2,1H3;1H. The van der Waals surface area contributed by atoms with Crippen molar-refractivity contribution >= 4 is 12.4 Å². The molecule has 1 N–H and O–H groups in total. The van der Waals surface area contributed by atoms with Crippen molar-refractivity contribution in [3.63, 3.8) is 0 Å². The summed E-state index contributed by atoms with van der Waals surface area (Å²) in [7, 11) is 2.19. The van der Waals surface area contributed by atoms with Crippen LogP contribution >= 0.6 is 12.4 Å². The molecule has 0 aromatic heterocycles. The van der Waals surface area contributed by atoms with E-state index in [9.17, 15) is 0 Å². The summed E-state index contributed by atoms with van der Waals surface area (Å²) in [4.78, 5) is 2.43. The Hall–Kier alpha value is 0.170. The Morgan fingerprint density at radius 3 is 2.27 bits per heavy atom. The predicted octanol–water partition coefficient (Wildman–Crippen LogP) is -0.289. The minimum atomic E-state index is 0. The first-order chi connectivity index (χ1) is 4.88. The predicted molar refractivity (Wildman–Crippen MR) is 46.3 cm³/mol. The first-order valence-corrected chi connectivity index (χ1v) is 3.88. The molecular weight excluding hydrogens is 164 g/mol. The monoisotopic (exact) mass is 178 g/mol. The van der Waals surface area contributed by atoms with Gasteiger partial charge in [-0.15, -0.1) is 12.4 Å². The van der Waals surface area contributed by atoms with Gasteiger partial charge in [0.15, 0.2) is 0 Å². The molecule has 2 aliphatic heterocycles. The van der Waals surface area contributed by atoms with Crippen molar-refractivity contribution in [2.75, 3.05) is 33.4 Å². The van der Waals surface area contributed by atoms with Crippen molar-refractivity contribution in [3.05, 3.63) is 0 Å². The van der Waals surface area contributed by atoms with Gasteiger partial charge in [0.05, 0.1) is 13.2 Å². The van der Waals surface area contributed by atoms with Crippen LogP contribution in [0, 0.1) is 0 Å². The van der Waals surface area contributed by atoms with Crippen LogP contribution in [0.4, 0.5) is 0 Å². The Balaban J connectivity index is 0.000000605. The Labute approximate surface area is 73.5 Å². The van der Waals surface area contributed by atoms with E-state index >= 15 is 0 Å². The lowest BCUT2D eigenvalue weighted by molar-refractivity contribution is -0.0511. The normalized spacial score (nSPS) is 37.9. The third-order valence-corrected chi connectivity index (χ3v) is 2.53. The van der Waals surface area contributed by atoms with Crippen molar-refractivity contribution in [2.24, 2.45) is 0 Å². The number of ether oxygens (including phenoxy) is 1. The maximum atomic E-state index is 5.43. The van der Waals surface area contributed by atoms with Crippen molar-refractivity contribution in [1.82, 2.24) is 10.2 Å². The highest BCUT2D eigenvalue weighted by atomic mass is 35.5. The minimum Gasteiger partial charge on any atom is -0.378 e. The van der Waals surface area contributed by atoms with Gasteiger partial charge >= 0.3 is 0 Å². The lowest BCUT2D eigenvalue weighted by Gasteiger charge is -2.43. The van der Waals surface area contributed by atoms with E-state index in [4.69, 9.17) is 4.74 Å². The van der Waals surface area contributed by atoms with Gasteiger partial charge in [0.25, 0.3) is 0 Å². The summed E-state index contributed by atoms with van der Waals surface area (Å²) < 4.78 is 5.43. The number of fused-ring (bicyclic) bond motifs is 2. The number of nitrogens with one attached hydrogen (secondary N) is 1. The second kappa shape index (κ2) is 3.72. The van der Waals surface area contributed by atoms with Crippen molar-refractivity contribution < 1.29 is 4.74 Å². The zero-order chi connectivity index (χ0) is 6.97. The Morgan fingerprint density at radius 2 is 1.82 bits per heavy atom. The maximum Gasteiger partial charge on any atom is 0.0635 e. The lowest BCUT2D eigenvalue weighted by Crippen LogP contribution is -2.61. The molecule has 2 heterocycles. The van der Waals surface area contributed by atoms with E-state index < -0.39 is 0 Å². The first kappa shape index (κ1) is 9.26. The van der Waals surface area contributed by atoms with Gasteiger partial charge in [-0.25, -0.2) is 0 Å². The Morgan fingerprint density at radius 1 is 1.27 bits per heavy atom. The molecule has 3 nitrogen and oxygen atoms in total. The fourth-order valence-corrected chi connectivity index (χ4v) is 1.70. The van der Waals surface area contributed by atoms with Crippen LogP contribution < -0.4 is 5.32 Å². The van der Waals surface area contributed by atoms with Crippen LogP contribution in [0.3, 0.4) is 0 Å². The molecule has 66 valence electrons. The van der Waals surface area contributed by atoms with Crippen LogP contribution in [-0.2, 0) is 4.74 Å². The highest BCUT2D eigenvalue weighted by Crippen LogP contribution is 2.13. The number of rotatable bonds is 0. The summed E-state index contributed by atoms with van der Waals surface area (Å²) >= 11 is 0. The molecule has 2 rings (SSSR count). The average Bonchev–Trinajstić information content (AvgIpc) is 1.86. The second-order valence-electron chi connectivity index (χ2n) is 3.17. The molecule has 2 atom stereocenters. The molecule has 0 spiro atoms. The van der Waals surface area contributed by atoms with Crippen molar-refractivity contribution in [1.29, 1.82) is 0 Å². The van der Waals surface area contributed by atoms with Crippen LogP contribution in [0.15, 0.2) is 0 Å². The molecule has 0 aromatic rings. The maximum absolute atomic E-state index is 5.43. The van der Waals surface area contributed by atoms with Crippen molar-refractivity contribution in [3.8, 4) is 0 Å². The third-order valence-electron chi connectivity index (χ3n) is 2.53. The van der Waals surface area contributed by atoms with Crippen LogP contribution in [0.5, 0.6) is 0 Å². The molecule has 2 unspecified atom stereocenters. The van der Waals surface area contributed by atoms with E-state index in [0.717, 1.165) is 26.3 Å². The summed E-state index contributed by atoms with van der Waals surface area (Å²) in [5.74, 6) is 0. The van der Waals surface area contributed by atoms with Crippen LogP contribution in [0.1, 0.15) is 0 Å². The van der Waals surface area contributed by atoms with Gasteiger partial charge in [-0.3, -0.25) is 4.90 Å². The lowest BCUT2D eigenvalue weighted by atomic mass is 10.1. The summed E-state index contributed by atoms with van der Waals surface area (Å²) in [5.41, 5.74) is 0. The number of hydrogen-bond donors (Lipinski definition) is 1. The quantitative estimate of drug-likeness (QED) is 0.552. The number of likely N-dealkylation sites (N-methyl/N-ethyl adjacent to an activating group) is 1. The summed E-state index contributed by atoms with van der Waals surface area (Å²) in [6, 6.07) is 1.24. The van der Waals surface area contributed by atoms with Crippen molar-refractivity contribution in [2.45, 2.75) is 12.1 Å². The zero-order valence-corrected chi connectivity index (χ0v) is 7.56. The molecule has 0 aromatic carbocycles. The molecule has 0 amide bonds. The molecule has 0 aliphatic carbocycles. The molecular formula is C7H15ClN2O. The van der Waals surface area contributed by atoms with E-state index in [2.05, 4.69) is 17.3 Å². The molecule has 11 heavy (non-hydrogen) atoms. The number of hydrogen-bond acceptors (Lipinski definition) is 3. The molecule has 0 saturated carbocycles. The van der Waals surface area contributed by atoms with E-state index in [1.807, 2.05) is 0 Å². The average molecular weight is 179 g/mol. The molecule has 2 fully saturated rings. The van der Waals surface area contributed by atoms with Gasteiger partial charge in [0.1, 0.15) is 0 Å².